The first-order valence-corrected chi connectivity index (χ1v) is 6.86. The van der Waals surface area contributed by atoms with E-state index in [2.05, 4.69) is 5.32 Å². The second-order valence-corrected chi connectivity index (χ2v) is 5.77. The van der Waals surface area contributed by atoms with Gasteiger partial charge in [-0.3, -0.25) is 4.79 Å². The highest BCUT2D eigenvalue weighted by molar-refractivity contribution is 5.94. The highest BCUT2D eigenvalue weighted by Gasteiger charge is 2.39. The Morgan fingerprint density at radius 3 is 2.68 bits per heavy atom. The number of hydrogen-bond acceptors (Lipinski definition) is 1. The van der Waals surface area contributed by atoms with E-state index in [1.807, 2.05) is 0 Å². The predicted octanol–water partition coefficient (Wildman–Crippen LogP) is 3.13. The van der Waals surface area contributed by atoms with Crippen molar-refractivity contribution in [1.82, 2.24) is 5.32 Å². The van der Waals surface area contributed by atoms with Crippen LogP contribution in [0.15, 0.2) is 18.2 Å². The first-order chi connectivity index (χ1) is 9.13. The Bertz CT molecular complexity index is 503. The molecule has 1 aromatic rings. The van der Waals surface area contributed by atoms with Crippen LogP contribution in [0.25, 0.3) is 0 Å². The lowest BCUT2D eigenvalue weighted by atomic mass is 9.89. The van der Waals surface area contributed by atoms with Gasteiger partial charge in [0.15, 0.2) is 11.6 Å². The third-order valence-electron chi connectivity index (χ3n) is 4.59. The molecule has 1 N–H and O–H groups in total. The number of hydrogen-bond donors (Lipinski definition) is 1. The van der Waals surface area contributed by atoms with Crippen LogP contribution in [0.4, 0.5) is 8.78 Å². The van der Waals surface area contributed by atoms with Crippen LogP contribution in [0.3, 0.4) is 0 Å². The van der Waals surface area contributed by atoms with Crippen molar-refractivity contribution in [2.24, 2.45) is 17.8 Å². The summed E-state index contributed by atoms with van der Waals surface area (Å²) < 4.78 is 25.8. The Hall–Kier alpha value is -1.45. The summed E-state index contributed by atoms with van der Waals surface area (Å²) in [6.07, 6.45) is 5.10. The maximum Gasteiger partial charge on any atom is 0.251 e. The number of rotatable bonds is 3. The quantitative estimate of drug-likeness (QED) is 0.893. The summed E-state index contributed by atoms with van der Waals surface area (Å²) in [6, 6.07) is 3.25. The van der Waals surface area contributed by atoms with Crippen molar-refractivity contribution < 1.29 is 13.6 Å². The summed E-state index contributed by atoms with van der Waals surface area (Å²) in [7, 11) is 0. The van der Waals surface area contributed by atoms with Crippen LogP contribution < -0.4 is 5.32 Å². The van der Waals surface area contributed by atoms with Gasteiger partial charge in [-0.05, 0) is 55.2 Å². The Balaban J connectivity index is 1.57. The number of halogens is 2. The highest BCUT2D eigenvalue weighted by atomic mass is 19.2. The van der Waals surface area contributed by atoms with Gasteiger partial charge in [0.2, 0.25) is 0 Å². The summed E-state index contributed by atoms with van der Waals surface area (Å²) in [5, 5.41) is 2.84. The zero-order valence-electron chi connectivity index (χ0n) is 10.7. The largest absolute Gasteiger partial charge is 0.352 e. The molecule has 4 heteroatoms. The van der Waals surface area contributed by atoms with Crippen LogP contribution in [0.5, 0.6) is 0 Å². The molecule has 0 aromatic heterocycles. The van der Waals surface area contributed by atoms with E-state index < -0.39 is 11.6 Å². The van der Waals surface area contributed by atoms with Crippen molar-refractivity contribution >= 4 is 5.91 Å². The van der Waals surface area contributed by atoms with E-state index in [0.717, 1.165) is 24.0 Å². The Morgan fingerprint density at radius 1 is 1.21 bits per heavy atom. The van der Waals surface area contributed by atoms with Gasteiger partial charge >= 0.3 is 0 Å². The van der Waals surface area contributed by atoms with Gasteiger partial charge in [0.1, 0.15) is 0 Å². The molecule has 2 aliphatic rings. The van der Waals surface area contributed by atoms with E-state index in [4.69, 9.17) is 0 Å². The standard InChI is InChI=1S/C15H17F2NO/c16-13-4-3-11(7-14(13)17)15(19)18-8-12-6-9-1-2-10(12)5-9/h3-4,7,9-10,12H,1-2,5-6,8H2,(H,18,19)/t9-,10+,12+/m0/s1. The molecule has 2 fully saturated rings. The molecule has 0 heterocycles. The van der Waals surface area contributed by atoms with E-state index in [1.54, 1.807) is 0 Å². The SMILES string of the molecule is O=C(NC[C@H]1C[C@H]2CC[C@@H]1C2)c1ccc(F)c(F)c1. The van der Waals surface area contributed by atoms with Crippen LogP contribution in [0.2, 0.25) is 0 Å². The minimum atomic E-state index is -0.979. The van der Waals surface area contributed by atoms with E-state index in [-0.39, 0.29) is 11.5 Å². The number of carbonyl (C=O) groups is 1. The maximum absolute atomic E-state index is 13.0. The summed E-state index contributed by atoms with van der Waals surface area (Å²) in [5.41, 5.74) is 0.182. The molecule has 1 aromatic carbocycles. The molecule has 2 bridgehead atoms. The van der Waals surface area contributed by atoms with Gasteiger partial charge in [-0.1, -0.05) is 6.42 Å². The number of carbonyl (C=O) groups excluding carboxylic acids is 1. The molecule has 0 saturated heterocycles. The van der Waals surface area contributed by atoms with Crippen molar-refractivity contribution in [1.29, 1.82) is 0 Å². The van der Waals surface area contributed by atoms with Crippen LogP contribution in [-0.4, -0.2) is 12.5 Å². The lowest BCUT2D eigenvalue weighted by molar-refractivity contribution is 0.0941. The molecule has 0 unspecified atom stereocenters. The molecular weight excluding hydrogens is 248 g/mol. The monoisotopic (exact) mass is 265 g/mol. The van der Waals surface area contributed by atoms with Crippen molar-refractivity contribution in [2.45, 2.75) is 25.7 Å². The molecule has 0 radical (unpaired) electrons. The van der Waals surface area contributed by atoms with Crippen molar-refractivity contribution in [3.05, 3.63) is 35.4 Å². The predicted molar refractivity (Wildman–Crippen MR) is 67.6 cm³/mol. The third-order valence-corrected chi connectivity index (χ3v) is 4.59. The normalized spacial score (nSPS) is 28.6. The van der Waals surface area contributed by atoms with Gasteiger partial charge in [0, 0.05) is 12.1 Å². The van der Waals surface area contributed by atoms with Gasteiger partial charge in [-0.15, -0.1) is 0 Å². The number of nitrogens with one attached hydrogen (secondary N) is 1. The first kappa shape index (κ1) is 12.6. The molecule has 1 amide bonds. The van der Waals surface area contributed by atoms with Crippen LogP contribution in [0.1, 0.15) is 36.0 Å². The smallest absolute Gasteiger partial charge is 0.251 e. The van der Waals surface area contributed by atoms with Crippen LogP contribution in [-0.2, 0) is 0 Å². The van der Waals surface area contributed by atoms with Gasteiger partial charge in [0.05, 0.1) is 0 Å². The zero-order chi connectivity index (χ0) is 13.4. The Kier molecular flexibility index (Phi) is 3.25. The summed E-state index contributed by atoms with van der Waals surface area (Å²) >= 11 is 0. The fourth-order valence-corrected chi connectivity index (χ4v) is 3.59. The van der Waals surface area contributed by atoms with Gasteiger partial charge in [-0.2, -0.15) is 0 Å². The number of benzene rings is 1. The van der Waals surface area contributed by atoms with Crippen molar-refractivity contribution in [2.75, 3.05) is 6.54 Å². The molecule has 2 saturated carbocycles. The van der Waals surface area contributed by atoms with Crippen LogP contribution in [0, 0.1) is 29.4 Å². The summed E-state index contributed by atoms with van der Waals surface area (Å²) in [5.74, 6) is -0.0719. The number of fused-ring (bicyclic) bond motifs is 2. The molecule has 2 aliphatic carbocycles. The summed E-state index contributed by atoms with van der Waals surface area (Å²) in [6.45, 7) is 0.652. The minimum Gasteiger partial charge on any atom is -0.352 e. The highest BCUT2D eigenvalue weighted by Crippen LogP contribution is 2.47. The molecule has 102 valence electrons. The topological polar surface area (TPSA) is 29.1 Å². The molecule has 0 aliphatic heterocycles. The molecule has 19 heavy (non-hydrogen) atoms. The molecule has 2 nitrogen and oxygen atoms in total. The average molecular weight is 265 g/mol. The van der Waals surface area contributed by atoms with Crippen LogP contribution >= 0.6 is 0 Å². The lowest BCUT2D eigenvalue weighted by Gasteiger charge is -2.21. The Morgan fingerprint density at radius 2 is 2.05 bits per heavy atom. The Labute approximate surface area is 111 Å². The van der Waals surface area contributed by atoms with E-state index >= 15 is 0 Å². The van der Waals surface area contributed by atoms with Crippen molar-refractivity contribution in [3.63, 3.8) is 0 Å². The third kappa shape index (κ3) is 2.48. The second kappa shape index (κ2) is 4.91. The maximum atomic E-state index is 13.0. The summed E-state index contributed by atoms with van der Waals surface area (Å²) in [4.78, 5) is 11.9. The fourth-order valence-electron chi connectivity index (χ4n) is 3.59. The zero-order valence-corrected chi connectivity index (χ0v) is 10.7. The van der Waals surface area contributed by atoms with E-state index in [9.17, 15) is 13.6 Å². The lowest BCUT2D eigenvalue weighted by Crippen LogP contribution is -2.31. The van der Waals surface area contributed by atoms with Gasteiger partial charge < -0.3 is 5.32 Å². The average Bonchev–Trinajstić information content (AvgIpc) is 3.01. The van der Waals surface area contributed by atoms with E-state index in [1.165, 1.54) is 31.7 Å². The molecule has 0 spiro atoms. The molecular formula is C15H17F2NO. The molecule has 3 rings (SSSR count). The number of amides is 1. The first-order valence-electron chi connectivity index (χ1n) is 6.86. The van der Waals surface area contributed by atoms with Gasteiger partial charge in [0.25, 0.3) is 5.91 Å². The second-order valence-electron chi connectivity index (χ2n) is 5.77. The van der Waals surface area contributed by atoms with E-state index in [0.29, 0.717) is 12.5 Å². The van der Waals surface area contributed by atoms with Crippen molar-refractivity contribution in [3.8, 4) is 0 Å². The minimum absolute atomic E-state index is 0.182. The molecule has 3 atom stereocenters. The fraction of sp³-hybridized carbons (Fsp3) is 0.533. The van der Waals surface area contributed by atoms with Gasteiger partial charge in [-0.25, -0.2) is 8.78 Å².